The lowest BCUT2D eigenvalue weighted by Gasteiger charge is -2.06. The number of nitrogens with one attached hydrogen (secondary N) is 1. The molecule has 0 radical (unpaired) electrons. The molecule has 0 atom stereocenters. The number of carbonyl (C=O) groups is 1. The molecule has 1 heterocycles. The van der Waals surface area contributed by atoms with Crippen LogP contribution in [0.25, 0.3) is 10.9 Å². The van der Waals surface area contributed by atoms with E-state index in [0.29, 0.717) is 27.4 Å². The van der Waals surface area contributed by atoms with E-state index < -0.39 is 4.92 Å². The van der Waals surface area contributed by atoms with E-state index in [1.54, 1.807) is 42.5 Å². The number of aromatic nitrogens is 1. The van der Waals surface area contributed by atoms with Gasteiger partial charge in [0.1, 0.15) is 5.15 Å². The minimum atomic E-state index is -0.473. The number of hydrogen-bond acceptors (Lipinski definition) is 5. The molecular formula is C22H14Cl2N4O3. The second-order valence-corrected chi connectivity index (χ2v) is 7.34. The van der Waals surface area contributed by atoms with Crippen molar-refractivity contribution in [2.24, 2.45) is 5.10 Å². The molecule has 0 saturated heterocycles. The molecule has 0 spiro atoms. The zero-order chi connectivity index (χ0) is 22.0. The number of para-hydroxylation sites is 1. The van der Waals surface area contributed by atoms with Crippen LogP contribution in [0.4, 0.5) is 11.4 Å². The van der Waals surface area contributed by atoms with E-state index in [-0.39, 0.29) is 16.7 Å². The third-order valence-electron chi connectivity index (χ3n) is 4.61. The fraction of sp³-hybridized carbons (Fsp3) is 0. The number of hydrogen-bond donors (Lipinski definition) is 1. The first-order valence-electron chi connectivity index (χ1n) is 9.08. The van der Waals surface area contributed by atoms with E-state index in [0.717, 1.165) is 5.39 Å². The average molecular weight is 453 g/mol. The maximum absolute atomic E-state index is 13.1. The normalized spacial score (nSPS) is 11.2. The van der Waals surface area contributed by atoms with Crippen LogP contribution in [-0.4, -0.2) is 21.6 Å². The van der Waals surface area contributed by atoms with Crippen LogP contribution in [0.2, 0.25) is 10.2 Å². The number of rotatable bonds is 5. The van der Waals surface area contributed by atoms with Crippen LogP contribution in [0, 0.1) is 10.1 Å². The van der Waals surface area contributed by atoms with Crippen molar-refractivity contribution in [3.05, 3.63) is 104 Å². The fourth-order valence-corrected chi connectivity index (χ4v) is 3.55. The zero-order valence-electron chi connectivity index (χ0n) is 15.8. The third kappa shape index (κ3) is 4.14. The molecule has 1 N–H and O–H groups in total. The van der Waals surface area contributed by atoms with E-state index >= 15 is 0 Å². The van der Waals surface area contributed by atoms with E-state index in [9.17, 15) is 14.9 Å². The number of halogens is 2. The highest BCUT2D eigenvalue weighted by atomic mass is 35.5. The van der Waals surface area contributed by atoms with Crippen molar-refractivity contribution in [1.29, 1.82) is 0 Å². The summed E-state index contributed by atoms with van der Waals surface area (Å²) in [5.74, 6) is -0.291. The Labute approximate surface area is 186 Å². The van der Waals surface area contributed by atoms with Gasteiger partial charge < -0.3 is 0 Å². The first-order valence-corrected chi connectivity index (χ1v) is 9.84. The summed E-state index contributed by atoms with van der Waals surface area (Å²) in [7, 11) is 0. The highest BCUT2D eigenvalue weighted by molar-refractivity contribution is 6.36. The molecule has 9 heteroatoms. The number of non-ortho nitro benzene ring substituents is 1. The van der Waals surface area contributed by atoms with Gasteiger partial charge >= 0.3 is 0 Å². The molecule has 0 aliphatic rings. The van der Waals surface area contributed by atoms with Crippen LogP contribution in [0.1, 0.15) is 15.9 Å². The molecule has 154 valence electrons. The second kappa shape index (κ2) is 8.59. The van der Waals surface area contributed by atoms with Crippen molar-refractivity contribution in [3.63, 3.8) is 0 Å². The van der Waals surface area contributed by atoms with Gasteiger partial charge in [0.05, 0.1) is 22.3 Å². The Morgan fingerprint density at radius 1 is 1.00 bits per heavy atom. The molecule has 0 saturated carbocycles. The van der Waals surface area contributed by atoms with Gasteiger partial charge in [0.25, 0.3) is 11.6 Å². The van der Waals surface area contributed by atoms with Crippen molar-refractivity contribution in [2.75, 3.05) is 5.43 Å². The quantitative estimate of drug-likeness (QED) is 0.228. The van der Waals surface area contributed by atoms with Crippen LogP contribution in [-0.2, 0) is 0 Å². The van der Waals surface area contributed by atoms with Crippen molar-refractivity contribution >= 4 is 57.6 Å². The average Bonchev–Trinajstić information content (AvgIpc) is 3.05. The minimum absolute atomic E-state index is 0.0126. The monoisotopic (exact) mass is 452 g/mol. The lowest BCUT2D eigenvalue weighted by Crippen LogP contribution is -2.12. The van der Waals surface area contributed by atoms with Crippen molar-refractivity contribution < 1.29 is 9.72 Å². The summed E-state index contributed by atoms with van der Waals surface area (Å²) in [4.78, 5) is 23.4. The molecule has 0 aliphatic carbocycles. The van der Waals surface area contributed by atoms with Crippen molar-refractivity contribution in [2.45, 2.75) is 0 Å². The molecule has 0 fully saturated rings. The van der Waals surface area contributed by atoms with Crippen LogP contribution < -0.4 is 5.43 Å². The standard InChI is InChI=1S/C22H14Cl2N4O3/c23-15-7-5-14(6-8-15)22(29)27-20-4-2-1-3-18(20)19(21(27)24)13-25-26-16-9-11-17(12-10-16)28(30)31/h1-13,26H/b25-13-. The van der Waals surface area contributed by atoms with Gasteiger partial charge in [-0.2, -0.15) is 5.10 Å². The number of nitro groups is 1. The van der Waals surface area contributed by atoms with Gasteiger partial charge in [-0.05, 0) is 42.5 Å². The van der Waals surface area contributed by atoms with E-state index in [2.05, 4.69) is 10.5 Å². The number of anilines is 1. The molecule has 31 heavy (non-hydrogen) atoms. The van der Waals surface area contributed by atoms with Crippen molar-refractivity contribution in [3.8, 4) is 0 Å². The lowest BCUT2D eigenvalue weighted by atomic mass is 10.2. The predicted octanol–water partition coefficient (Wildman–Crippen LogP) is 5.99. The van der Waals surface area contributed by atoms with Crippen molar-refractivity contribution in [1.82, 2.24) is 4.57 Å². The number of nitro benzene ring substituents is 1. The molecule has 0 unspecified atom stereocenters. The second-order valence-electron chi connectivity index (χ2n) is 6.54. The van der Waals surface area contributed by atoms with E-state index in [1.165, 1.54) is 22.9 Å². The third-order valence-corrected chi connectivity index (χ3v) is 5.24. The number of carbonyl (C=O) groups excluding carboxylic acids is 1. The maximum atomic E-state index is 13.1. The van der Waals surface area contributed by atoms with Gasteiger partial charge in [0.2, 0.25) is 0 Å². The predicted molar refractivity (Wildman–Crippen MR) is 122 cm³/mol. The minimum Gasteiger partial charge on any atom is -0.278 e. The van der Waals surface area contributed by atoms with Gasteiger partial charge in [-0.25, -0.2) is 0 Å². The van der Waals surface area contributed by atoms with Gasteiger partial charge in [0, 0.05) is 33.7 Å². The molecule has 4 aromatic rings. The summed E-state index contributed by atoms with van der Waals surface area (Å²) in [5, 5.41) is 16.4. The summed E-state index contributed by atoms with van der Waals surface area (Å²) in [5.41, 5.74) is 5.01. The van der Waals surface area contributed by atoms with Crippen LogP contribution in [0.3, 0.4) is 0 Å². The number of fused-ring (bicyclic) bond motifs is 1. The highest BCUT2D eigenvalue weighted by Gasteiger charge is 2.20. The zero-order valence-corrected chi connectivity index (χ0v) is 17.3. The van der Waals surface area contributed by atoms with Crippen LogP contribution in [0.5, 0.6) is 0 Å². The molecule has 1 aromatic heterocycles. The number of hydrazone groups is 1. The molecule has 7 nitrogen and oxygen atoms in total. The molecule has 0 bridgehead atoms. The van der Waals surface area contributed by atoms with Gasteiger partial charge in [-0.3, -0.25) is 24.9 Å². The Morgan fingerprint density at radius 2 is 1.68 bits per heavy atom. The molecule has 4 rings (SSSR count). The Kier molecular flexibility index (Phi) is 5.70. The smallest absolute Gasteiger partial charge is 0.269 e. The van der Waals surface area contributed by atoms with Crippen LogP contribution in [0.15, 0.2) is 77.9 Å². The van der Waals surface area contributed by atoms with Gasteiger partial charge in [-0.1, -0.05) is 41.4 Å². The van der Waals surface area contributed by atoms with E-state index in [1.807, 2.05) is 18.2 Å². The highest BCUT2D eigenvalue weighted by Crippen LogP contribution is 2.30. The summed E-state index contributed by atoms with van der Waals surface area (Å²) in [6.07, 6.45) is 1.51. The molecule has 0 amide bonds. The largest absolute Gasteiger partial charge is 0.278 e. The SMILES string of the molecule is O=C(c1ccc(Cl)cc1)n1c(Cl)c(/C=N\Nc2ccc([N+](=O)[O-])cc2)c2ccccc21. The van der Waals surface area contributed by atoms with E-state index in [4.69, 9.17) is 23.2 Å². The molecular weight excluding hydrogens is 439 g/mol. The Morgan fingerprint density at radius 3 is 2.35 bits per heavy atom. The van der Waals surface area contributed by atoms with Gasteiger partial charge in [0.15, 0.2) is 0 Å². The topological polar surface area (TPSA) is 89.5 Å². The fourth-order valence-electron chi connectivity index (χ4n) is 3.11. The van der Waals surface area contributed by atoms with Gasteiger partial charge in [-0.15, -0.1) is 0 Å². The first kappa shape index (κ1) is 20.6. The first-order chi connectivity index (χ1) is 15.0. The summed E-state index contributed by atoms with van der Waals surface area (Å²) in [6.45, 7) is 0. The Balaban J connectivity index is 1.67. The maximum Gasteiger partial charge on any atom is 0.269 e. The van der Waals surface area contributed by atoms with Crippen LogP contribution >= 0.6 is 23.2 Å². The summed E-state index contributed by atoms with van der Waals surface area (Å²) < 4.78 is 1.42. The summed E-state index contributed by atoms with van der Waals surface area (Å²) >= 11 is 12.5. The Hall–Kier alpha value is -3.68. The molecule has 3 aromatic carbocycles. The molecule has 0 aliphatic heterocycles. The Bertz CT molecular complexity index is 1310. The summed E-state index contributed by atoms with van der Waals surface area (Å²) in [6, 6.07) is 19.7. The lowest BCUT2D eigenvalue weighted by molar-refractivity contribution is -0.384. The number of benzene rings is 3. The number of nitrogens with zero attached hydrogens (tertiary/aromatic N) is 3.